The zero-order valence-corrected chi connectivity index (χ0v) is 18.0. The monoisotopic (exact) mass is 454 g/mol. The second kappa shape index (κ2) is 10.1. The number of para-hydroxylation sites is 2. The number of benzene rings is 3. The van der Waals surface area contributed by atoms with Crippen molar-refractivity contribution in [3.05, 3.63) is 88.4 Å². The number of hydrogen-bond acceptors (Lipinski definition) is 4. The number of esters is 1. The second-order valence-electron chi connectivity index (χ2n) is 6.74. The first-order valence-electron chi connectivity index (χ1n) is 9.46. The Morgan fingerprint density at radius 3 is 2.28 bits per heavy atom. The minimum atomic E-state index is -0.470. The molecule has 0 amide bonds. The van der Waals surface area contributed by atoms with Crippen molar-refractivity contribution in [1.29, 1.82) is 0 Å². The molecule has 29 heavy (non-hydrogen) atoms. The first kappa shape index (κ1) is 20.9. The number of rotatable bonds is 8. The highest BCUT2D eigenvalue weighted by atomic mass is 79.9. The third kappa shape index (κ3) is 5.84. The smallest absolute Gasteiger partial charge is 0.347 e. The standard InChI is InChI=1S/C24H23BrO4/c1-17(2)18-12-13-23(21(25)16-18)29-24(26)20-10-6-7-11-22(20)28-15-14-27-19-8-4-3-5-9-19/h3-13,16-17H,14-15H2,1-2H3. The van der Waals surface area contributed by atoms with Crippen LogP contribution in [-0.4, -0.2) is 19.2 Å². The molecule has 0 saturated carbocycles. The highest BCUT2D eigenvalue weighted by Crippen LogP contribution is 2.30. The molecule has 0 aliphatic carbocycles. The van der Waals surface area contributed by atoms with Gasteiger partial charge in [0.1, 0.15) is 36.0 Å². The van der Waals surface area contributed by atoms with Crippen LogP contribution in [0.3, 0.4) is 0 Å². The first-order chi connectivity index (χ1) is 14.0. The van der Waals surface area contributed by atoms with Crippen LogP contribution in [0.25, 0.3) is 0 Å². The van der Waals surface area contributed by atoms with E-state index in [9.17, 15) is 4.79 Å². The lowest BCUT2D eigenvalue weighted by Crippen LogP contribution is -2.14. The van der Waals surface area contributed by atoms with E-state index in [4.69, 9.17) is 14.2 Å². The van der Waals surface area contributed by atoms with E-state index in [1.807, 2.05) is 48.5 Å². The Labute approximate surface area is 179 Å². The van der Waals surface area contributed by atoms with Crippen molar-refractivity contribution in [2.45, 2.75) is 19.8 Å². The van der Waals surface area contributed by atoms with Gasteiger partial charge in [0.15, 0.2) is 0 Å². The zero-order valence-electron chi connectivity index (χ0n) is 16.4. The normalized spacial score (nSPS) is 10.6. The Bertz CT molecular complexity index is 954. The summed E-state index contributed by atoms with van der Waals surface area (Å²) in [6.45, 7) is 4.91. The predicted molar refractivity (Wildman–Crippen MR) is 117 cm³/mol. The summed E-state index contributed by atoms with van der Waals surface area (Å²) in [4.78, 5) is 12.7. The van der Waals surface area contributed by atoms with Crippen molar-refractivity contribution in [2.75, 3.05) is 13.2 Å². The summed E-state index contributed by atoms with van der Waals surface area (Å²) in [6, 6.07) is 22.3. The summed E-state index contributed by atoms with van der Waals surface area (Å²) in [6.07, 6.45) is 0. The summed E-state index contributed by atoms with van der Waals surface area (Å²) in [5, 5.41) is 0. The minimum Gasteiger partial charge on any atom is -0.490 e. The van der Waals surface area contributed by atoms with Gasteiger partial charge in [0.05, 0.1) is 4.47 Å². The molecule has 150 valence electrons. The first-order valence-corrected chi connectivity index (χ1v) is 10.2. The summed E-state index contributed by atoms with van der Waals surface area (Å²) in [5.74, 6) is 1.63. The molecular formula is C24H23BrO4. The average molecular weight is 455 g/mol. The van der Waals surface area contributed by atoms with E-state index >= 15 is 0 Å². The van der Waals surface area contributed by atoms with Crippen molar-refractivity contribution >= 4 is 21.9 Å². The Hall–Kier alpha value is -2.79. The van der Waals surface area contributed by atoms with Crippen LogP contribution in [0.1, 0.15) is 35.7 Å². The van der Waals surface area contributed by atoms with Crippen LogP contribution in [0.15, 0.2) is 77.3 Å². The molecule has 0 fully saturated rings. The highest BCUT2D eigenvalue weighted by molar-refractivity contribution is 9.10. The Kier molecular flexibility index (Phi) is 7.30. The molecule has 4 nitrogen and oxygen atoms in total. The Morgan fingerprint density at radius 1 is 0.862 bits per heavy atom. The average Bonchev–Trinajstić information content (AvgIpc) is 2.73. The third-order valence-corrected chi connectivity index (χ3v) is 4.90. The Balaban J connectivity index is 1.62. The van der Waals surface area contributed by atoms with Gasteiger partial charge in [-0.3, -0.25) is 0 Å². The third-order valence-electron chi connectivity index (χ3n) is 4.29. The van der Waals surface area contributed by atoms with Crippen LogP contribution in [0.5, 0.6) is 17.2 Å². The fourth-order valence-electron chi connectivity index (χ4n) is 2.70. The molecule has 3 rings (SSSR count). The van der Waals surface area contributed by atoms with Crippen LogP contribution < -0.4 is 14.2 Å². The van der Waals surface area contributed by atoms with Crippen molar-refractivity contribution in [3.8, 4) is 17.2 Å². The zero-order chi connectivity index (χ0) is 20.6. The fourth-order valence-corrected chi connectivity index (χ4v) is 3.18. The fraction of sp³-hybridized carbons (Fsp3) is 0.208. The van der Waals surface area contributed by atoms with Crippen molar-refractivity contribution in [1.82, 2.24) is 0 Å². The molecule has 0 spiro atoms. The summed E-state index contributed by atoms with van der Waals surface area (Å²) >= 11 is 3.48. The van der Waals surface area contributed by atoms with Gasteiger partial charge in [-0.25, -0.2) is 4.79 Å². The van der Waals surface area contributed by atoms with Gasteiger partial charge in [0.2, 0.25) is 0 Å². The lowest BCUT2D eigenvalue weighted by Gasteiger charge is -2.13. The van der Waals surface area contributed by atoms with Gasteiger partial charge in [-0.1, -0.05) is 50.2 Å². The van der Waals surface area contributed by atoms with Gasteiger partial charge in [0.25, 0.3) is 0 Å². The van der Waals surface area contributed by atoms with E-state index < -0.39 is 5.97 Å². The maximum Gasteiger partial charge on any atom is 0.347 e. The molecule has 5 heteroatoms. The van der Waals surface area contributed by atoms with Crippen LogP contribution in [0.2, 0.25) is 0 Å². The molecule has 0 bridgehead atoms. The number of ether oxygens (including phenoxy) is 3. The molecule has 3 aromatic carbocycles. The minimum absolute atomic E-state index is 0.311. The quantitative estimate of drug-likeness (QED) is 0.229. The topological polar surface area (TPSA) is 44.8 Å². The number of halogens is 1. The van der Waals surface area contributed by atoms with E-state index in [0.29, 0.717) is 36.2 Å². The maximum atomic E-state index is 12.7. The van der Waals surface area contributed by atoms with Crippen LogP contribution in [0, 0.1) is 0 Å². The molecule has 0 heterocycles. The summed E-state index contributed by atoms with van der Waals surface area (Å²) in [7, 11) is 0. The molecule has 0 radical (unpaired) electrons. The maximum absolute atomic E-state index is 12.7. The Morgan fingerprint density at radius 2 is 1.55 bits per heavy atom. The van der Waals surface area contributed by atoms with Gasteiger partial charge in [-0.05, 0) is 63.8 Å². The molecule has 0 atom stereocenters. The summed E-state index contributed by atoms with van der Waals surface area (Å²) in [5.41, 5.74) is 1.53. The predicted octanol–water partition coefficient (Wildman–Crippen LogP) is 6.25. The van der Waals surface area contributed by atoms with Crippen LogP contribution >= 0.6 is 15.9 Å². The van der Waals surface area contributed by atoms with E-state index in [0.717, 1.165) is 10.2 Å². The van der Waals surface area contributed by atoms with E-state index in [-0.39, 0.29) is 0 Å². The second-order valence-corrected chi connectivity index (χ2v) is 7.59. The van der Waals surface area contributed by atoms with Gasteiger partial charge >= 0.3 is 5.97 Å². The lowest BCUT2D eigenvalue weighted by molar-refractivity contribution is 0.0728. The van der Waals surface area contributed by atoms with Gasteiger partial charge in [-0.15, -0.1) is 0 Å². The SMILES string of the molecule is CC(C)c1ccc(OC(=O)c2ccccc2OCCOc2ccccc2)c(Br)c1. The van der Waals surface area contributed by atoms with Gasteiger partial charge in [-0.2, -0.15) is 0 Å². The molecule has 0 aliphatic heterocycles. The molecular weight excluding hydrogens is 432 g/mol. The molecule has 0 N–H and O–H groups in total. The van der Waals surface area contributed by atoms with E-state index in [1.54, 1.807) is 24.3 Å². The van der Waals surface area contributed by atoms with Crippen molar-refractivity contribution in [2.24, 2.45) is 0 Å². The van der Waals surface area contributed by atoms with E-state index in [2.05, 4.69) is 29.8 Å². The highest BCUT2D eigenvalue weighted by Gasteiger charge is 2.16. The van der Waals surface area contributed by atoms with Gasteiger partial charge in [0, 0.05) is 0 Å². The molecule has 0 aromatic heterocycles. The van der Waals surface area contributed by atoms with Gasteiger partial charge < -0.3 is 14.2 Å². The number of carbonyl (C=O) groups excluding carboxylic acids is 1. The number of hydrogen-bond donors (Lipinski definition) is 0. The van der Waals surface area contributed by atoms with Crippen LogP contribution in [0.4, 0.5) is 0 Å². The lowest BCUT2D eigenvalue weighted by atomic mass is 10.0. The van der Waals surface area contributed by atoms with E-state index in [1.165, 1.54) is 5.56 Å². The van der Waals surface area contributed by atoms with Crippen LogP contribution in [-0.2, 0) is 0 Å². The largest absolute Gasteiger partial charge is 0.490 e. The number of carbonyl (C=O) groups is 1. The molecule has 0 unspecified atom stereocenters. The molecule has 0 aliphatic rings. The van der Waals surface area contributed by atoms with Crippen molar-refractivity contribution < 1.29 is 19.0 Å². The summed E-state index contributed by atoms with van der Waals surface area (Å²) < 4.78 is 17.7. The molecule has 3 aromatic rings. The van der Waals surface area contributed by atoms with Crippen molar-refractivity contribution in [3.63, 3.8) is 0 Å². The molecule has 0 saturated heterocycles.